The van der Waals surface area contributed by atoms with E-state index in [1.54, 1.807) is 0 Å². The fourth-order valence-corrected chi connectivity index (χ4v) is 1.57. The molecular formula is C12H16ClN. The smallest absolute Gasteiger partial charge is 0.124 e. The molecule has 0 aliphatic rings. The van der Waals surface area contributed by atoms with E-state index in [1.807, 2.05) is 36.5 Å². The molecule has 1 atom stereocenters. The molecule has 0 aliphatic carbocycles. The van der Waals surface area contributed by atoms with Crippen LogP contribution in [0, 0.1) is 5.92 Å². The normalized spacial score (nSPS) is 13.7. The van der Waals surface area contributed by atoms with E-state index in [9.17, 15) is 0 Å². The molecule has 0 aromatic heterocycles. The van der Waals surface area contributed by atoms with Crippen molar-refractivity contribution in [2.75, 3.05) is 0 Å². The summed E-state index contributed by atoms with van der Waals surface area (Å²) in [5.41, 5.74) is 0.997. The number of alkyl halides is 1. The summed E-state index contributed by atoms with van der Waals surface area (Å²) in [5, 5.41) is 0. The van der Waals surface area contributed by atoms with Gasteiger partial charge in [-0.2, -0.15) is 0 Å². The van der Waals surface area contributed by atoms with Crippen molar-refractivity contribution in [3.05, 3.63) is 35.9 Å². The van der Waals surface area contributed by atoms with Crippen LogP contribution in [0.4, 0.5) is 0 Å². The fraction of sp³-hybridized carbons (Fsp3) is 0.417. The maximum absolute atomic E-state index is 6.03. The van der Waals surface area contributed by atoms with E-state index in [-0.39, 0.29) is 5.50 Å². The van der Waals surface area contributed by atoms with Gasteiger partial charge in [0.05, 0.1) is 0 Å². The number of nitrogens with zero attached hydrogens (tertiary/aromatic N) is 1. The molecule has 1 rings (SSSR count). The van der Waals surface area contributed by atoms with Crippen molar-refractivity contribution in [2.45, 2.75) is 25.8 Å². The Hall–Kier alpha value is -0.820. The third-order valence-electron chi connectivity index (χ3n) is 1.85. The van der Waals surface area contributed by atoms with Crippen LogP contribution in [0.3, 0.4) is 0 Å². The van der Waals surface area contributed by atoms with Crippen LogP contribution in [0.2, 0.25) is 0 Å². The second-order valence-corrected chi connectivity index (χ2v) is 4.26. The molecular weight excluding hydrogens is 194 g/mol. The van der Waals surface area contributed by atoms with Crippen LogP contribution < -0.4 is 0 Å². The summed E-state index contributed by atoms with van der Waals surface area (Å²) in [5.74, 6) is 0.588. The summed E-state index contributed by atoms with van der Waals surface area (Å²) < 4.78 is 0. The number of hydrogen-bond donors (Lipinski definition) is 0. The molecule has 1 unspecified atom stereocenters. The minimum Gasteiger partial charge on any atom is -0.273 e. The van der Waals surface area contributed by atoms with E-state index in [0.717, 1.165) is 12.0 Å². The molecule has 0 bridgehead atoms. The van der Waals surface area contributed by atoms with Gasteiger partial charge in [0.2, 0.25) is 0 Å². The predicted octanol–water partition coefficient (Wildman–Crippen LogP) is 3.72. The van der Waals surface area contributed by atoms with Crippen molar-refractivity contribution in [1.82, 2.24) is 0 Å². The molecule has 76 valence electrons. The molecule has 0 saturated carbocycles. The van der Waals surface area contributed by atoms with Gasteiger partial charge in [-0.1, -0.05) is 55.8 Å². The molecule has 0 N–H and O–H groups in total. The Morgan fingerprint density at radius 2 is 1.93 bits per heavy atom. The highest BCUT2D eigenvalue weighted by atomic mass is 35.5. The Bertz CT molecular complexity index is 280. The van der Waals surface area contributed by atoms with Crippen molar-refractivity contribution >= 4 is 17.8 Å². The molecule has 1 aromatic carbocycles. The highest BCUT2D eigenvalue weighted by Gasteiger charge is 2.03. The summed E-state index contributed by atoms with van der Waals surface area (Å²) >= 11 is 6.03. The second-order valence-electron chi connectivity index (χ2n) is 3.75. The zero-order valence-electron chi connectivity index (χ0n) is 8.65. The van der Waals surface area contributed by atoms with Crippen LogP contribution in [0.1, 0.15) is 25.8 Å². The van der Waals surface area contributed by atoms with Gasteiger partial charge >= 0.3 is 0 Å². The maximum Gasteiger partial charge on any atom is 0.124 e. The first-order valence-electron chi connectivity index (χ1n) is 4.91. The first kappa shape index (κ1) is 11.3. The summed E-state index contributed by atoms with van der Waals surface area (Å²) in [6.45, 7) is 4.29. The molecule has 1 nitrogen and oxygen atoms in total. The third kappa shape index (κ3) is 4.43. The molecule has 1 aromatic rings. The van der Waals surface area contributed by atoms with E-state index in [4.69, 9.17) is 11.6 Å². The van der Waals surface area contributed by atoms with Gasteiger partial charge in [0.1, 0.15) is 5.50 Å². The van der Waals surface area contributed by atoms with E-state index in [2.05, 4.69) is 18.8 Å². The minimum atomic E-state index is -0.102. The Kier molecular flexibility index (Phi) is 4.68. The van der Waals surface area contributed by atoms with E-state index in [0.29, 0.717) is 5.92 Å². The molecule has 14 heavy (non-hydrogen) atoms. The maximum atomic E-state index is 6.03. The van der Waals surface area contributed by atoms with Crippen LogP contribution in [0.25, 0.3) is 0 Å². The van der Waals surface area contributed by atoms with Crippen molar-refractivity contribution in [1.29, 1.82) is 0 Å². The Labute approximate surface area is 90.8 Å². The highest BCUT2D eigenvalue weighted by molar-refractivity contribution is 6.20. The predicted molar refractivity (Wildman–Crippen MR) is 63.1 cm³/mol. The van der Waals surface area contributed by atoms with E-state index in [1.165, 1.54) is 0 Å². The standard InChI is InChI=1S/C12H16ClN/c1-10(2)8-12(13)14-9-11-6-4-3-5-7-11/h3-7,9-10,12H,8H2,1-2H3. The zero-order valence-corrected chi connectivity index (χ0v) is 9.41. The fourth-order valence-electron chi connectivity index (χ4n) is 1.16. The molecule has 0 amide bonds. The number of benzene rings is 1. The summed E-state index contributed by atoms with van der Waals surface area (Å²) in [6.07, 6.45) is 2.75. The van der Waals surface area contributed by atoms with Crippen molar-refractivity contribution < 1.29 is 0 Å². The van der Waals surface area contributed by atoms with Crippen molar-refractivity contribution in [3.8, 4) is 0 Å². The first-order valence-corrected chi connectivity index (χ1v) is 5.34. The summed E-state index contributed by atoms with van der Waals surface area (Å²) in [6, 6.07) is 10.0. The Morgan fingerprint density at radius 1 is 1.29 bits per heavy atom. The number of hydrogen-bond acceptors (Lipinski definition) is 1. The van der Waals surface area contributed by atoms with Gasteiger partial charge in [-0.15, -0.1) is 0 Å². The van der Waals surface area contributed by atoms with E-state index < -0.39 is 0 Å². The SMILES string of the molecule is CC(C)CC(Cl)N=Cc1ccccc1. The van der Waals surface area contributed by atoms with Crippen molar-refractivity contribution in [2.24, 2.45) is 10.9 Å². The van der Waals surface area contributed by atoms with Crippen LogP contribution in [-0.2, 0) is 0 Å². The van der Waals surface area contributed by atoms with Crippen LogP contribution in [-0.4, -0.2) is 11.7 Å². The number of rotatable bonds is 4. The average Bonchev–Trinajstić information content (AvgIpc) is 2.15. The van der Waals surface area contributed by atoms with Gasteiger partial charge in [-0.3, -0.25) is 4.99 Å². The molecule has 0 fully saturated rings. The lowest BCUT2D eigenvalue weighted by Crippen LogP contribution is -2.00. The van der Waals surface area contributed by atoms with Gasteiger partial charge < -0.3 is 0 Å². The molecule has 0 radical (unpaired) electrons. The van der Waals surface area contributed by atoms with Crippen molar-refractivity contribution in [3.63, 3.8) is 0 Å². The third-order valence-corrected chi connectivity index (χ3v) is 2.14. The van der Waals surface area contributed by atoms with Gasteiger partial charge in [-0.05, 0) is 17.9 Å². The summed E-state index contributed by atoms with van der Waals surface area (Å²) in [4.78, 5) is 4.27. The second kappa shape index (κ2) is 5.82. The average molecular weight is 210 g/mol. The largest absolute Gasteiger partial charge is 0.273 e. The first-order chi connectivity index (χ1) is 6.68. The van der Waals surface area contributed by atoms with Gasteiger partial charge in [0.25, 0.3) is 0 Å². The Morgan fingerprint density at radius 3 is 2.50 bits per heavy atom. The molecule has 0 saturated heterocycles. The van der Waals surface area contributed by atoms with Crippen LogP contribution >= 0.6 is 11.6 Å². The Balaban J connectivity index is 2.48. The molecule has 0 spiro atoms. The lowest BCUT2D eigenvalue weighted by molar-refractivity contribution is 0.573. The van der Waals surface area contributed by atoms with Crippen LogP contribution in [0.15, 0.2) is 35.3 Å². The quantitative estimate of drug-likeness (QED) is 0.407. The number of halogens is 1. The minimum absolute atomic E-state index is 0.102. The van der Waals surface area contributed by atoms with Gasteiger partial charge in [0.15, 0.2) is 0 Å². The van der Waals surface area contributed by atoms with Gasteiger partial charge in [0, 0.05) is 6.21 Å². The van der Waals surface area contributed by atoms with E-state index >= 15 is 0 Å². The highest BCUT2D eigenvalue weighted by Crippen LogP contribution is 2.11. The summed E-state index contributed by atoms with van der Waals surface area (Å²) in [7, 11) is 0. The lowest BCUT2D eigenvalue weighted by Gasteiger charge is -2.06. The molecule has 0 heterocycles. The lowest BCUT2D eigenvalue weighted by atomic mass is 10.1. The topological polar surface area (TPSA) is 12.4 Å². The molecule has 2 heteroatoms. The monoisotopic (exact) mass is 209 g/mol. The van der Waals surface area contributed by atoms with Gasteiger partial charge in [-0.25, -0.2) is 0 Å². The zero-order chi connectivity index (χ0) is 10.4. The number of aliphatic imine (C=N–C) groups is 1. The van der Waals surface area contributed by atoms with Crippen LogP contribution in [0.5, 0.6) is 0 Å². The molecule has 0 aliphatic heterocycles.